The van der Waals surface area contributed by atoms with E-state index in [1.54, 1.807) is 22.8 Å². The zero-order valence-electron chi connectivity index (χ0n) is 19.4. The Balaban J connectivity index is 1.96. The molecule has 8 heteroatoms. The lowest BCUT2D eigenvalue weighted by molar-refractivity contribution is -0.120. The summed E-state index contributed by atoms with van der Waals surface area (Å²) in [5.41, 5.74) is 1.30. The molecule has 0 radical (unpaired) electrons. The Hall–Kier alpha value is -3.13. The van der Waals surface area contributed by atoms with E-state index in [1.165, 1.54) is 18.9 Å². The zero-order valence-corrected chi connectivity index (χ0v) is 20.2. The Morgan fingerprint density at radius 2 is 1.88 bits per heavy atom. The quantitative estimate of drug-likeness (QED) is 0.292. The molecule has 7 nitrogen and oxygen atoms in total. The molecular weight excluding hydrogens is 438 g/mol. The number of aromatic nitrogens is 2. The van der Waals surface area contributed by atoms with Gasteiger partial charge >= 0.3 is 5.97 Å². The lowest BCUT2D eigenvalue weighted by atomic mass is 10.0. The third-order valence-electron chi connectivity index (χ3n) is 5.50. The monoisotopic (exact) mass is 467 g/mol. The van der Waals surface area contributed by atoms with Gasteiger partial charge in [-0.2, -0.15) is 0 Å². The van der Waals surface area contributed by atoms with Crippen molar-refractivity contribution in [3.8, 4) is 0 Å². The fraction of sp³-hybridized carbons (Fsp3) is 0.360. The zero-order chi connectivity index (χ0) is 24.0. The number of nitrogens with one attached hydrogen (secondary N) is 1. The number of carbonyl (C=O) groups is 2. The van der Waals surface area contributed by atoms with E-state index >= 15 is 0 Å². The summed E-state index contributed by atoms with van der Waals surface area (Å²) >= 11 is 1.21. The summed E-state index contributed by atoms with van der Waals surface area (Å²) < 4.78 is 6.39. The molecule has 2 aromatic carbocycles. The molecule has 0 saturated heterocycles. The average Bonchev–Trinajstić information content (AvgIpc) is 2.81. The van der Waals surface area contributed by atoms with Gasteiger partial charge < -0.3 is 10.1 Å². The van der Waals surface area contributed by atoms with Crippen molar-refractivity contribution in [3.05, 3.63) is 70.0 Å². The Morgan fingerprint density at radius 3 is 2.55 bits per heavy atom. The van der Waals surface area contributed by atoms with Gasteiger partial charge in [-0.15, -0.1) is 0 Å². The minimum atomic E-state index is -0.498. The predicted molar refractivity (Wildman–Crippen MR) is 131 cm³/mol. The van der Waals surface area contributed by atoms with Gasteiger partial charge in [-0.3, -0.25) is 14.2 Å². The SMILES string of the molecule is CCC(C)(C)NC(=O)CSc1nc2cc(C(=O)OC)ccc2c(=O)n1CCc1ccccc1. The molecule has 0 aliphatic heterocycles. The fourth-order valence-electron chi connectivity index (χ4n) is 3.27. The summed E-state index contributed by atoms with van der Waals surface area (Å²) in [6.07, 6.45) is 1.45. The number of hydrogen-bond donors (Lipinski definition) is 1. The van der Waals surface area contributed by atoms with Crippen LogP contribution < -0.4 is 10.9 Å². The van der Waals surface area contributed by atoms with Crippen molar-refractivity contribution in [3.63, 3.8) is 0 Å². The molecule has 0 atom stereocenters. The van der Waals surface area contributed by atoms with Crippen LogP contribution in [0, 0.1) is 0 Å². The lowest BCUT2D eigenvalue weighted by Crippen LogP contribution is -2.43. The summed E-state index contributed by atoms with van der Waals surface area (Å²) in [6, 6.07) is 14.6. The van der Waals surface area contributed by atoms with Crippen LogP contribution in [-0.2, 0) is 22.5 Å². The third kappa shape index (κ3) is 6.22. The van der Waals surface area contributed by atoms with E-state index in [4.69, 9.17) is 4.74 Å². The van der Waals surface area contributed by atoms with E-state index in [2.05, 4.69) is 10.3 Å². The maximum absolute atomic E-state index is 13.3. The van der Waals surface area contributed by atoms with Gasteiger partial charge in [-0.1, -0.05) is 49.0 Å². The van der Waals surface area contributed by atoms with Crippen LogP contribution >= 0.6 is 11.8 Å². The van der Waals surface area contributed by atoms with E-state index in [0.717, 1.165) is 12.0 Å². The molecule has 1 heterocycles. The number of methoxy groups -OCH3 is 1. The van der Waals surface area contributed by atoms with Crippen molar-refractivity contribution in [2.45, 2.75) is 50.9 Å². The topological polar surface area (TPSA) is 90.3 Å². The number of aryl methyl sites for hydroxylation is 1. The minimum absolute atomic E-state index is 0.126. The highest BCUT2D eigenvalue weighted by Gasteiger charge is 2.19. The standard InChI is InChI=1S/C25H29N3O4S/c1-5-25(2,3)27-21(29)16-33-24-26-20-15-18(23(31)32-4)11-12-19(20)22(30)28(24)14-13-17-9-7-6-8-10-17/h6-12,15H,5,13-14,16H2,1-4H3,(H,27,29). The van der Waals surface area contributed by atoms with Crippen LogP contribution in [0.2, 0.25) is 0 Å². The number of carbonyl (C=O) groups excluding carboxylic acids is 2. The molecule has 1 aromatic heterocycles. The Kier molecular flexibility index (Phi) is 7.92. The smallest absolute Gasteiger partial charge is 0.337 e. The van der Waals surface area contributed by atoms with E-state index in [-0.39, 0.29) is 22.8 Å². The molecule has 0 spiro atoms. The van der Waals surface area contributed by atoms with Gasteiger partial charge in [-0.05, 0) is 50.5 Å². The predicted octanol–water partition coefficient (Wildman–Crippen LogP) is 3.82. The minimum Gasteiger partial charge on any atom is -0.465 e. The van der Waals surface area contributed by atoms with Crippen LogP contribution in [0.5, 0.6) is 0 Å². The van der Waals surface area contributed by atoms with Crippen LogP contribution in [0.4, 0.5) is 0 Å². The molecular formula is C25H29N3O4S. The van der Waals surface area contributed by atoms with Crippen molar-refractivity contribution in [2.75, 3.05) is 12.9 Å². The number of benzene rings is 2. The third-order valence-corrected chi connectivity index (χ3v) is 6.48. The second kappa shape index (κ2) is 10.7. The lowest BCUT2D eigenvalue weighted by Gasteiger charge is -2.24. The molecule has 1 amide bonds. The largest absolute Gasteiger partial charge is 0.465 e. The van der Waals surface area contributed by atoms with E-state index in [9.17, 15) is 14.4 Å². The van der Waals surface area contributed by atoms with Crippen LogP contribution in [-0.4, -0.2) is 39.8 Å². The number of hydrogen-bond acceptors (Lipinski definition) is 6. The molecule has 3 rings (SSSR count). The first-order valence-corrected chi connectivity index (χ1v) is 11.8. The summed E-state index contributed by atoms with van der Waals surface area (Å²) in [4.78, 5) is 42.4. The van der Waals surface area contributed by atoms with Crippen LogP contribution in [0.3, 0.4) is 0 Å². The normalized spacial score (nSPS) is 11.4. The van der Waals surface area contributed by atoms with Crippen molar-refractivity contribution in [1.82, 2.24) is 14.9 Å². The number of rotatable bonds is 9. The number of fused-ring (bicyclic) bond motifs is 1. The molecule has 0 aliphatic rings. The molecule has 0 bridgehead atoms. The highest BCUT2D eigenvalue weighted by molar-refractivity contribution is 7.99. The van der Waals surface area contributed by atoms with Gasteiger partial charge in [-0.25, -0.2) is 9.78 Å². The highest BCUT2D eigenvalue weighted by Crippen LogP contribution is 2.20. The summed E-state index contributed by atoms with van der Waals surface area (Å²) in [5, 5.41) is 3.85. The highest BCUT2D eigenvalue weighted by atomic mass is 32.2. The van der Waals surface area contributed by atoms with Crippen molar-refractivity contribution >= 4 is 34.5 Å². The van der Waals surface area contributed by atoms with Gasteiger partial charge in [0.25, 0.3) is 5.56 Å². The van der Waals surface area contributed by atoms with Crippen LogP contribution in [0.1, 0.15) is 43.1 Å². The second-order valence-electron chi connectivity index (χ2n) is 8.38. The molecule has 0 saturated carbocycles. The molecule has 0 aliphatic carbocycles. The second-order valence-corrected chi connectivity index (χ2v) is 9.33. The molecule has 0 fully saturated rings. The number of nitrogens with zero attached hydrogens (tertiary/aromatic N) is 2. The van der Waals surface area contributed by atoms with Gasteiger partial charge in [0.15, 0.2) is 5.16 Å². The summed E-state index contributed by atoms with van der Waals surface area (Å²) in [5.74, 6) is -0.495. The van der Waals surface area contributed by atoms with Crippen LogP contribution in [0.15, 0.2) is 58.5 Å². The van der Waals surface area contributed by atoms with Gasteiger partial charge in [0.2, 0.25) is 5.91 Å². The van der Waals surface area contributed by atoms with E-state index in [1.807, 2.05) is 51.1 Å². The molecule has 3 aromatic rings. The van der Waals surface area contributed by atoms with Crippen molar-refractivity contribution in [2.24, 2.45) is 0 Å². The Bertz CT molecular complexity index is 1210. The number of amides is 1. The molecule has 174 valence electrons. The average molecular weight is 468 g/mol. The van der Waals surface area contributed by atoms with Crippen molar-refractivity contribution < 1.29 is 14.3 Å². The van der Waals surface area contributed by atoms with Gasteiger partial charge in [0, 0.05) is 12.1 Å². The van der Waals surface area contributed by atoms with Gasteiger partial charge in [0.05, 0.1) is 29.3 Å². The molecule has 33 heavy (non-hydrogen) atoms. The first kappa shape index (κ1) is 24.5. The maximum atomic E-state index is 13.3. The number of thioether (sulfide) groups is 1. The van der Waals surface area contributed by atoms with Gasteiger partial charge in [0.1, 0.15) is 0 Å². The number of ether oxygens (including phenoxy) is 1. The van der Waals surface area contributed by atoms with Crippen molar-refractivity contribution in [1.29, 1.82) is 0 Å². The summed E-state index contributed by atoms with van der Waals surface area (Å²) in [7, 11) is 1.30. The molecule has 0 unspecified atom stereocenters. The Morgan fingerprint density at radius 1 is 1.15 bits per heavy atom. The summed E-state index contributed by atoms with van der Waals surface area (Å²) in [6.45, 7) is 6.37. The first-order valence-electron chi connectivity index (χ1n) is 10.8. The maximum Gasteiger partial charge on any atom is 0.337 e. The Labute approximate surface area is 197 Å². The van der Waals surface area contributed by atoms with E-state index < -0.39 is 5.97 Å². The van der Waals surface area contributed by atoms with Crippen LogP contribution in [0.25, 0.3) is 10.9 Å². The first-order chi connectivity index (χ1) is 15.7. The molecule has 1 N–H and O–H groups in total. The fourth-order valence-corrected chi connectivity index (χ4v) is 4.10. The van der Waals surface area contributed by atoms with E-state index in [0.29, 0.717) is 34.6 Å². The number of esters is 1.